The van der Waals surface area contributed by atoms with Gasteiger partial charge in [0, 0.05) is 11.8 Å². The van der Waals surface area contributed by atoms with Crippen molar-refractivity contribution in [1.82, 2.24) is 9.55 Å². The fourth-order valence-corrected chi connectivity index (χ4v) is 3.13. The van der Waals surface area contributed by atoms with Gasteiger partial charge in [-0.05, 0) is 6.92 Å². The molecule has 1 aromatic heterocycles. The Bertz CT molecular complexity index is 843. The summed E-state index contributed by atoms with van der Waals surface area (Å²) in [4.78, 5) is 25.5. The number of aryl methyl sites for hydroxylation is 1. The van der Waals surface area contributed by atoms with Gasteiger partial charge >= 0.3 is 5.69 Å². The molecule has 2 aliphatic rings. The van der Waals surface area contributed by atoms with Crippen LogP contribution in [-0.2, 0) is 23.8 Å². The number of aromatic nitrogens is 2. The molecule has 0 amide bonds. The molecule has 1 aromatic rings. The Balaban J connectivity index is 1.92. The van der Waals surface area contributed by atoms with E-state index in [0.717, 1.165) is 10.8 Å². The number of ether oxygens (including phenoxy) is 2. The number of hydrogen-bond donors (Lipinski definition) is 2. The Morgan fingerprint density at radius 3 is 2.87 bits per heavy atom. The lowest BCUT2D eigenvalue weighted by Gasteiger charge is -2.30. The van der Waals surface area contributed by atoms with Crippen molar-refractivity contribution in [1.29, 1.82) is 0 Å². The first kappa shape index (κ1) is 16.3. The predicted molar refractivity (Wildman–Crippen MR) is 75.5 cm³/mol. The number of nitrogens with zero attached hydrogens (tertiary/aromatic N) is 1. The number of H-pyrrole nitrogens is 1. The summed E-state index contributed by atoms with van der Waals surface area (Å²) < 4.78 is 39.3. The van der Waals surface area contributed by atoms with Crippen molar-refractivity contribution in [3.63, 3.8) is 0 Å². The van der Waals surface area contributed by atoms with Gasteiger partial charge in [-0.3, -0.25) is 18.5 Å². The van der Waals surface area contributed by atoms with Crippen molar-refractivity contribution in [3.8, 4) is 0 Å². The van der Waals surface area contributed by atoms with E-state index in [1.54, 1.807) is 0 Å². The molecule has 2 bridgehead atoms. The number of aromatic amines is 1. The molecule has 3 rings (SSSR count). The summed E-state index contributed by atoms with van der Waals surface area (Å²) in [5.41, 5.74) is -2.34. The Labute approximate surface area is 130 Å². The van der Waals surface area contributed by atoms with E-state index in [0.29, 0.717) is 0 Å². The normalized spacial score (nSPS) is 33.3. The fourth-order valence-electron chi connectivity index (χ4n) is 2.72. The first-order valence-electron chi connectivity index (χ1n) is 6.77. The van der Waals surface area contributed by atoms with Crippen LogP contribution >= 0.6 is 0 Å². The third-order valence-electron chi connectivity index (χ3n) is 3.94. The monoisotopic (exact) mass is 348 g/mol. The minimum absolute atomic E-state index is 0.0675. The summed E-state index contributed by atoms with van der Waals surface area (Å²) in [7, 11) is -3.73. The van der Waals surface area contributed by atoms with E-state index in [2.05, 4.69) is 4.98 Å². The van der Waals surface area contributed by atoms with Crippen molar-refractivity contribution in [2.75, 3.05) is 19.5 Å². The molecule has 23 heavy (non-hydrogen) atoms. The highest BCUT2D eigenvalue weighted by Crippen LogP contribution is 2.44. The van der Waals surface area contributed by atoms with E-state index >= 15 is 0 Å². The lowest BCUT2D eigenvalue weighted by molar-refractivity contribution is -0.184. The molecule has 2 fully saturated rings. The van der Waals surface area contributed by atoms with Gasteiger partial charge in [0.05, 0.1) is 12.9 Å². The van der Waals surface area contributed by atoms with Gasteiger partial charge in [-0.2, -0.15) is 8.42 Å². The van der Waals surface area contributed by atoms with Gasteiger partial charge in [-0.25, -0.2) is 4.79 Å². The molecule has 0 saturated carbocycles. The van der Waals surface area contributed by atoms with Crippen LogP contribution in [0.25, 0.3) is 0 Å². The third kappa shape index (κ3) is 2.74. The van der Waals surface area contributed by atoms with Crippen LogP contribution in [0, 0.1) is 6.92 Å². The first-order chi connectivity index (χ1) is 10.6. The number of fused-ring (bicyclic) bond motifs is 2. The standard InChI is InChI=1S/C12H16N2O8S/c1-6-3-14(11(17)13-9(6)16)10-7-8(15)12(22-10,4-20-7)5-21-23(2,18)19/h3,7-8,10,15H,4-5H2,1-2H3,(H,13,16,17)/t7?,8?,10-,12-/m1/s1. The van der Waals surface area contributed by atoms with Crippen molar-refractivity contribution in [3.05, 3.63) is 32.6 Å². The Morgan fingerprint density at radius 2 is 2.22 bits per heavy atom. The number of nitrogens with one attached hydrogen (secondary N) is 1. The molecule has 3 heterocycles. The number of hydrogen-bond acceptors (Lipinski definition) is 8. The van der Waals surface area contributed by atoms with Crippen LogP contribution < -0.4 is 11.2 Å². The SMILES string of the molecule is Cc1cn([C@@H]2O[C@@]3(COS(C)(=O)=O)COC2C3O)c(=O)[nH]c1=O. The van der Waals surface area contributed by atoms with Gasteiger partial charge in [0.1, 0.15) is 24.4 Å². The molecule has 10 nitrogen and oxygen atoms in total. The van der Waals surface area contributed by atoms with Crippen LogP contribution in [-0.4, -0.2) is 60.4 Å². The minimum atomic E-state index is -3.73. The molecule has 0 aliphatic carbocycles. The number of aliphatic hydroxyl groups excluding tert-OH is 1. The van der Waals surface area contributed by atoms with Crippen LogP contribution in [0.15, 0.2) is 15.8 Å². The Morgan fingerprint density at radius 1 is 1.52 bits per heavy atom. The molecule has 2 aliphatic heterocycles. The van der Waals surface area contributed by atoms with E-state index < -0.39 is 52.0 Å². The average Bonchev–Trinajstić information content (AvgIpc) is 2.91. The van der Waals surface area contributed by atoms with Crippen LogP contribution in [0.1, 0.15) is 11.8 Å². The summed E-state index contributed by atoms with van der Waals surface area (Å²) >= 11 is 0. The smallest absolute Gasteiger partial charge is 0.330 e. The van der Waals surface area contributed by atoms with E-state index in [-0.39, 0.29) is 12.2 Å². The molecule has 128 valence electrons. The van der Waals surface area contributed by atoms with Crippen LogP contribution in [0.4, 0.5) is 0 Å². The summed E-state index contributed by atoms with van der Waals surface area (Å²) in [6.07, 6.45) is -0.862. The quantitative estimate of drug-likeness (QED) is 0.588. The topological polar surface area (TPSA) is 137 Å². The maximum absolute atomic E-state index is 11.9. The van der Waals surface area contributed by atoms with Crippen LogP contribution in [0.2, 0.25) is 0 Å². The van der Waals surface area contributed by atoms with E-state index in [1.807, 2.05) is 0 Å². The molecule has 2 unspecified atom stereocenters. The zero-order chi connectivity index (χ0) is 17.0. The highest BCUT2D eigenvalue weighted by molar-refractivity contribution is 7.85. The summed E-state index contributed by atoms with van der Waals surface area (Å²) in [6.45, 7) is 1.01. The second-order valence-electron chi connectivity index (χ2n) is 5.74. The molecular formula is C12H16N2O8S. The van der Waals surface area contributed by atoms with Gasteiger partial charge in [0.2, 0.25) is 0 Å². The van der Waals surface area contributed by atoms with Crippen LogP contribution in [0.3, 0.4) is 0 Å². The predicted octanol–water partition coefficient (Wildman–Crippen LogP) is -2.15. The minimum Gasteiger partial charge on any atom is -0.387 e. The van der Waals surface area contributed by atoms with Crippen molar-refractivity contribution >= 4 is 10.1 Å². The first-order valence-corrected chi connectivity index (χ1v) is 8.59. The summed E-state index contributed by atoms with van der Waals surface area (Å²) in [5.74, 6) is 0. The fraction of sp³-hybridized carbons (Fsp3) is 0.667. The van der Waals surface area contributed by atoms with Gasteiger partial charge in [0.25, 0.3) is 15.7 Å². The van der Waals surface area contributed by atoms with E-state index in [9.17, 15) is 23.1 Å². The van der Waals surface area contributed by atoms with Crippen molar-refractivity contribution in [2.24, 2.45) is 0 Å². The number of rotatable bonds is 4. The van der Waals surface area contributed by atoms with Crippen LogP contribution in [0.5, 0.6) is 0 Å². The maximum atomic E-state index is 11.9. The zero-order valence-corrected chi connectivity index (χ0v) is 13.2. The molecule has 2 saturated heterocycles. The molecule has 4 atom stereocenters. The zero-order valence-electron chi connectivity index (χ0n) is 12.4. The van der Waals surface area contributed by atoms with E-state index in [1.165, 1.54) is 13.1 Å². The average molecular weight is 348 g/mol. The summed E-state index contributed by atoms with van der Waals surface area (Å²) in [5, 5.41) is 10.3. The molecule has 11 heteroatoms. The molecule has 2 N–H and O–H groups in total. The molecule has 0 aromatic carbocycles. The molecule has 0 spiro atoms. The number of aliphatic hydroxyl groups is 1. The third-order valence-corrected chi connectivity index (χ3v) is 4.49. The molecular weight excluding hydrogens is 332 g/mol. The largest absolute Gasteiger partial charge is 0.387 e. The van der Waals surface area contributed by atoms with Gasteiger partial charge in [0.15, 0.2) is 6.23 Å². The summed E-state index contributed by atoms with van der Waals surface area (Å²) in [6, 6.07) is 0. The maximum Gasteiger partial charge on any atom is 0.330 e. The second kappa shape index (κ2) is 5.24. The highest BCUT2D eigenvalue weighted by Gasteiger charge is 2.62. The Kier molecular flexibility index (Phi) is 3.72. The second-order valence-corrected chi connectivity index (χ2v) is 7.38. The van der Waals surface area contributed by atoms with Gasteiger partial charge in [-0.1, -0.05) is 0 Å². The highest BCUT2D eigenvalue weighted by atomic mass is 32.2. The van der Waals surface area contributed by atoms with Gasteiger partial charge in [-0.15, -0.1) is 0 Å². The van der Waals surface area contributed by atoms with E-state index in [4.69, 9.17) is 13.7 Å². The van der Waals surface area contributed by atoms with Crippen molar-refractivity contribution in [2.45, 2.75) is 31.0 Å². The van der Waals surface area contributed by atoms with Crippen molar-refractivity contribution < 1.29 is 27.2 Å². The lowest BCUT2D eigenvalue weighted by Crippen LogP contribution is -2.46. The molecule has 0 radical (unpaired) electrons. The lowest BCUT2D eigenvalue weighted by atomic mass is 10.0. The van der Waals surface area contributed by atoms with Gasteiger partial charge < -0.3 is 14.6 Å². The Hall–Kier alpha value is -1.53.